The number of rotatable bonds is 4. The topological polar surface area (TPSA) is 89.2 Å². The fourth-order valence-corrected chi connectivity index (χ4v) is 4.33. The van der Waals surface area contributed by atoms with Gasteiger partial charge in [0.05, 0.1) is 23.5 Å². The number of anilines is 2. The number of alkyl halides is 3. The molecule has 1 aliphatic rings. The van der Waals surface area contributed by atoms with Crippen LogP contribution in [0.15, 0.2) is 30.5 Å². The fraction of sp³-hybridized carbons (Fsp3) is 0.435. The number of nitrogens with zero attached hydrogens (tertiary/aromatic N) is 4. The number of aryl methyl sites for hydroxylation is 1. The first kappa shape index (κ1) is 23.2. The normalized spacial score (nSPS) is 20.2. The number of morpholine rings is 1. The summed E-state index contributed by atoms with van der Waals surface area (Å²) in [4.78, 5) is 6.76. The molecule has 0 unspecified atom stereocenters. The van der Waals surface area contributed by atoms with Gasteiger partial charge >= 0.3 is 6.18 Å². The van der Waals surface area contributed by atoms with E-state index >= 15 is 0 Å². The molecule has 0 amide bonds. The molecule has 33 heavy (non-hydrogen) atoms. The summed E-state index contributed by atoms with van der Waals surface area (Å²) in [6.07, 6.45) is -3.49. The summed E-state index contributed by atoms with van der Waals surface area (Å²) in [6.45, 7) is 8.68. The molecular formula is C23H27F3N6O. The molecule has 2 aromatic heterocycles. The Morgan fingerprint density at radius 2 is 1.82 bits per heavy atom. The summed E-state index contributed by atoms with van der Waals surface area (Å²) in [6, 6.07) is 5.90. The van der Waals surface area contributed by atoms with Gasteiger partial charge < -0.3 is 20.7 Å². The van der Waals surface area contributed by atoms with E-state index in [-0.39, 0.29) is 17.8 Å². The highest BCUT2D eigenvalue weighted by Crippen LogP contribution is 2.35. The number of nitrogens with two attached hydrogens (primary N) is 1. The smallest absolute Gasteiger partial charge is 0.372 e. The van der Waals surface area contributed by atoms with Gasteiger partial charge in [0.2, 0.25) is 0 Å². The van der Waals surface area contributed by atoms with Crippen LogP contribution in [0.2, 0.25) is 0 Å². The quantitative estimate of drug-likeness (QED) is 0.560. The zero-order chi connectivity index (χ0) is 23.9. The number of fused-ring (bicyclic) bond motifs is 1. The van der Waals surface area contributed by atoms with Gasteiger partial charge in [-0.25, -0.2) is 4.98 Å². The van der Waals surface area contributed by atoms with Crippen molar-refractivity contribution in [2.75, 3.05) is 23.3 Å². The Balaban J connectivity index is 1.70. The Labute approximate surface area is 190 Å². The van der Waals surface area contributed by atoms with Gasteiger partial charge in [-0.05, 0) is 51.0 Å². The molecular weight excluding hydrogens is 433 g/mol. The molecule has 0 aliphatic carbocycles. The Bertz CT molecular complexity index is 1160. The minimum Gasteiger partial charge on any atom is -0.372 e. The van der Waals surface area contributed by atoms with E-state index in [1.165, 1.54) is 13.0 Å². The van der Waals surface area contributed by atoms with Crippen molar-refractivity contribution in [2.24, 2.45) is 5.73 Å². The first-order valence-electron chi connectivity index (χ1n) is 10.8. The van der Waals surface area contributed by atoms with E-state index in [2.05, 4.69) is 25.4 Å². The molecule has 10 heteroatoms. The number of hydrogen-bond acceptors (Lipinski definition) is 7. The minimum atomic E-state index is -4.46. The predicted octanol–water partition coefficient (Wildman–Crippen LogP) is 4.34. The second-order valence-electron chi connectivity index (χ2n) is 8.52. The Kier molecular flexibility index (Phi) is 6.15. The highest BCUT2D eigenvalue weighted by molar-refractivity contribution is 5.94. The lowest BCUT2D eigenvalue weighted by molar-refractivity contribution is -0.138. The van der Waals surface area contributed by atoms with Crippen molar-refractivity contribution in [3.63, 3.8) is 0 Å². The maximum absolute atomic E-state index is 13.3. The molecule has 3 N–H and O–H groups in total. The summed E-state index contributed by atoms with van der Waals surface area (Å²) in [5.41, 5.74) is 6.70. The van der Waals surface area contributed by atoms with Crippen LogP contribution >= 0.6 is 0 Å². The second-order valence-corrected chi connectivity index (χ2v) is 8.52. The van der Waals surface area contributed by atoms with Crippen LogP contribution in [-0.4, -0.2) is 40.5 Å². The maximum atomic E-state index is 13.3. The molecule has 1 saturated heterocycles. The average Bonchev–Trinajstić information content (AvgIpc) is 2.74. The van der Waals surface area contributed by atoms with Gasteiger partial charge in [0.1, 0.15) is 12.0 Å². The number of nitrogens with one attached hydrogen (secondary N) is 1. The van der Waals surface area contributed by atoms with Gasteiger partial charge in [0, 0.05) is 30.1 Å². The molecule has 0 bridgehead atoms. The van der Waals surface area contributed by atoms with E-state index in [0.717, 1.165) is 22.7 Å². The predicted molar refractivity (Wildman–Crippen MR) is 121 cm³/mol. The molecule has 7 nitrogen and oxygen atoms in total. The van der Waals surface area contributed by atoms with Crippen LogP contribution in [0.1, 0.15) is 42.4 Å². The van der Waals surface area contributed by atoms with E-state index in [1.807, 2.05) is 26.8 Å². The van der Waals surface area contributed by atoms with Crippen LogP contribution in [0, 0.1) is 13.8 Å². The molecule has 0 saturated carbocycles. The highest BCUT2D eigenvalue weighted by atomic mass is 19.4. The number of ether oxygens (including phenoxy) is 1. The number of pyridine rings is 1. The van der Waals surface area contributed by atoms with Crippen molar-refractivity contribution in [3.8, 4) is 0 Å². The highest BCUT2D eigenvalue weighted by Gasteiger charge is 2.33. The SMILES string of the molecule is Cc1c([C@@H](N)Nc2nnc(C)c3cnc(N4C[C@H](C)O[C@@H](C)C4)cc23)cccc1C(F)(F)F. The van der Waals surface area contributed by atoms with Crippen LogP contribution in [0.3, 0.4) is 0 Å². The lowest BCUT2D eigenvalue weighted by Crippen LogP contribution is -2.45. The molecule has 3 atom stereocenters. The van der Waals surface area contributed by atoms with Gasteiger partial charge in [0.25, 0.3) is 0 Å². The van der Waals surface area contributed by atoms with E-state index in [0.29, 0.717) is 30.2 Å². The second kappa shape index (κ2) is 8.75. The van der Waals surface area contributed by atoms with Gasteiger partial charge in [0.15, 0.2) is 5.82 Å². The molecule has 1 aliphatic heterocycles. The van der Waals surface area contributed by atoms with Crippen LogP contribution in [-0.2, 0) is 10.9 Å². The minimum absolute atomic E-state index is 0.0680. The third-order valence-corrected chi connectivity index (χ3v) is 5.89. The fourth-order valence-electron chi connectivity index (χ4n) is 4.33. The molecule has 4 rings (SSSR count). The van der Waals surface area contributed by atoms with Crippen LogP contribution in [0.25, 0.3) is 10.8 Å². The summed E-state index contributed by atoms with van der Waals surface area (Å²) in [5.74, 6) is 1.15. The molecule has 1 aromatic carbocycles. The molecule has 176 valence electrons. The summed E-state index contributed by atoms with van der Waals surface area (Å²) in [5, 5.41) is 13.0. The Hall–Kier alpha value is -2.98. The lowest BCUT2D eigenvalue weighted by Gasteiger charge is -2.36. The van der Waals surface area contributed by atoms with Crippen molar-refractivity contribution in [1.82, 2.24) is 15.2 Å². The van der Waals surface area contributed by atoms with Crippen LogP contribution < -0.4 is 16.0 Å². The molecule has 0 spiro atoms. The monoisotopic (exact) mass is 460 g/mol. The molecule has 3 heterocycles. The van der Waals surface area contributed by atoms with E-state index in [4.69, 9.17) is 10.5 Å². The van der Waals surface area contributed by atoms with Crippen molar-refractivity contribution >= 4 is 22.4 Å². The Morgan fingerprint density at radius 1 is 1.12 bits per heavy atom. The maximum Gasteiger partial charge on any atom is 0.416 e. The van der Waals surface area contributed by atoms with E-state index in [1.54, 1.807) is 12.3 Å². The van der Waals surface area contributed by atoms with Gasteiger partial charge in [-0.1, -0.05) is 12.1 Å². The van der Waals surface area contributed by atoms with Crippen molar-refractivity contribution in [1.29, 1.82) is 0 Å². The largest absolute Gasteiger partial charge is 0.416 e. The van der Waals surface area contributed by atoms with Gasteiger partial charge in [-0.15, -0.1) is 5.10 Å². The molecule has 1 fully saturated rings. The van der Waals surface area contributed by atoms with Crippen molar-refractivity contribution in [2.45, 2.75) is 52.2 Å². The van der Waals surface area contributed by atoms with Gasteiger partial charge in [-0.3, -0.25) is 0 Å². The number of halogens is 3. The Morgan fingerprint density at radius 3 is 2.48 bits per heavy atom. The van der Waals surface area contributed by atoms with Gasteiger partial charge in [-0.2, -0.15) is 18.3 Å². The van der Waals surface area contributed by atoms with Crippen LogP contribution in [0.4, 0.5) is 24.8 Å². The van der Waals surface area contributed by atoms with Crippen LogP contribution in [0.5, 0.6) is 0 Å². The number of benzene rings is 1. The lowest BCUT2D eigenvalue weighted by atomic mass is 10.00. The van der Waals surface area contributed by atoms with E-state index in [9.17, 15) is 13.2 Å². The first-order valence-corrected chi connectivity index (χ1v) is 10.8. The zero-order valence-corrected chi connectivity index (χ0v) is 18.9. The van der Waals surface area contributed by atoms with E-state index < -0.39 is 17.9 Å². The summed E-state index contributed by atoms with van der Waals surface area (Å²) < 4.78 is 45.8. The standard InChI is InChI=1S/C23H27F3N6O/c1-12-10-32(11-13(2)33-12)20-8-17-18(9-28-20)15(4)30-31-22(17)29-21(27)16-6-5-7-19(14(16)3)23(24,25)26/h5-9,12-13,21H,10-11,27H2,1-4H3,(H,29,31)/t12-,13-,21-/m0/s1. The third-order valence-electron chi connectivity index (χ3n) is 5.89. The first-order chi connectivity index (χ1) is 15.5. The number of aromatic nitrogens is 3. The third kappa shape index (κ3) is 4.72. The van der Waals surface area contributed by atoms with Crippen molar-refractivity contribution in [3.05, 3.63) is 52.8 Å². The summed E-state index contributed by atoms with van der Waals surface area (Å²) >= 11 is 0. The van der Waals surface area contributed by atoms with Crippen molar-refractivity contribution < 1.29 is 17.9 Å². The molecule has 3 aromatic rings. The summed E-state index contributed by atoms with van der Waals surface area (Å²) in [7, 11) is 0. The number of hydrogen-bond donors (Lipinski definition) is 2. The zero-order valence-electron chi connectivity index (χ0n) is 18.9. The average molecular weight is 461 g/mol. The molecule has 0 radical (unpaired) electrons.